The zero-order valence-electron chi connectivity index (χ0n) is 15.6. The molecule has 29 heavy (non-hydrogen) atoms. The highest BCUT2D eigenvalue weighted by Crippen LogP contribution is 2.35. The summed E-state index contributed by atoms with van der Waals surface area (Å²) in [5, 5.41) is 20.3. The molecule has 3 N–H and O–H groups in total. The van der Waals surface area contributed by atoms with Gasteiger partial charge >= 0.3 is 0 Å². The van der Waals surface area contributed by atoms with Crippen LogP contribution in [0.3, 0.4) is 0 Å². The number of rotatable bonds is 7. The van der Waals surface area contributed by atoms with Gasteiger partial charge in [0.05, 0.1) is 22.3 Å². The standard InChI is InChI=1S/C19H17ClN6O3/c1-3-11(13-8-7-9(2)29-13)21-15-16(18(28)17(15)27)22-12-6-4-5-10(20)14(12)19-23-25-26-24-19/h4-8,11,21-22H,3H2,1-2H3,(H,23,24,25,26)/t11-/m1/s1. The zero-order valence-corrected chi connectivity index (χ0v) is 16.4. The van der Waals surface area contributed by atoms with Crippen LogP contribution in [0.5, 0.6) is 0 Å². The molecule has 0 radical (unpaired) electrons. The van der Waals surface area contributed by atoms with Crippen molar-refractivity contribution in [1.29, 1.82) is 0 Å². The number of hydrogen-bond donors (Lipinski definition) is 3. The van der Waals surface area contributed by atoms with E-state index in [4.69, 9.17) is 16.0 Å². The number of aryl methyl sites for hydroxylation is 1. The van der Waals surface area contributed by atoms with Gasteiger partial charge in [0, 0.05) is 0 Å². The molecule has 0 amide bonds. The molecule has 0 bridgehead atoms. The van der Waals surface area contributed by atoms with Crippen LogP contribution in [0.4, 0.5) is 17.1 Å². The van der Waals surface area contributed by atoms with Crippen molar-refractivity contribution in [2.45, 2.75) is 26.3 Å². The molecule has 0 aliphatic heterocycles. The van der Waals surface area contributed by atoms with Crippen LogP contribution in [-0.2, 0) is 0 Å². The summed E-state index contributed by atoms with van der Waals surface area (Å²) in [7, 11) is 0. The maximum Gasteiger partial charge on any atom is 0.253 e. The van der Waals surface area contributed by atoms with E-state index in [1.54, 1.807) is 18.2 Å². The number of nitrogens with zero attached hydrogens (tertiary/aromatic N) is 3. The lowest BCUT2D eigenvalue weighted by Gasteiger charge is -2.21. The molecule has 0 fully saturated rings. The van der Waals surface area contributed by atoms with Crippen molar-refractivity contribution < 1.29 is 4.42 Å². The Kier molecular flexibility index (Phi) is 4.89. The molecule has 0 saturated carbocycles. The number of tetrazole rings is 1. The minimum absolute atomic E-state index is 0.156. The number of H-pyrrole nitrogens is 1. The molecule has 9 nitrogen and oxygen atoms in total. The fourth-order valence-corrected chi connectivity index (χ4v) is 3.35. The molecule has 2 heterocycles. The fraction of sp³-hybridized carbons (Fsp3) is 0.211. The molecule has 0 unspecified atom stereocenters. The molecule has 0 aliphatic carbocycles. The summed E-state index contributed by atoms with van der Waals surface area (Å²) >= 11 is 6.30. The number of halogens is 1. The fourth-order valence-electron chi connectivity index (χ4n) is 3.10. The minimum atomic E-state index is -0.614. The third-order valence-corrected chi connectivity index (χ3v) is 4.90. The van der Waals surface area contributed by atoms with E-state index in [1.165, 1.54) is 0 Å². The summed E-state index contributed by atoms with van der Waals surface area (Å²) in [6.07, 6.45) is 0.663. The van der Waals surface area contributed by atoms with Crippen LogP contribution < -0.4 is 21.5 Å². The molecule has 0 spiro atoms. The van der Waals surface area contributed by atoms with Crippen molar-refractivity contribution in [3.8, 4) is 11.4 Å². The van der Waals surface area contributed by atoms with E-state index in [0.717, 1.165) is 5.76 Å². The summed E-state index contributed by atoms with van der Waals surface area (Å²) in [4.78, 5) is 24.5. The van der Waals surface area contributed by atoms with E-state index in [1.807, 2.05) is 26.0 Å². The van der Waals surface area contributed by atoms with Crippen molar-refractivity contribution in [3.05, 3.63) is 67.3 Å². The summed E-state index contributed by atoms with van der Waals surface area (Å²) in [5.41, 5.74) is 0.111. The highest BCUT2D eigenvalue weighted by molar-refractivity contribution is 6.34. The molecular formula is C19H17ClN6O3. The lowest BCUT2D eigenvalue weighted by atomic mass is 10.1. The SMILES string of the molecule is CC[C@@H](Nc1c(Nc2cccc(Cl)c2-c2nn[nH]n2)c(=O)c1=O)c1ccc(C)o1. The first-order chi connectivity index (χ1) is 14.0. The second-order valence-corrected chi connectivity index (χ2v) is 6.89. The number of benzene rings is 1. The highest BCUT2D eigenvalue weighted by Gasteiger charge is 2.26. The molecular weight excluding hydrogens is 396 g/mol. The second-order valence-electron chi connectivity index (χ2n) is 6.48. The number of nitrogens with one attached hydrogen (secondary N) is 3. The smallest absolute Gasteiger partial charge is 0.253 e. The average Bonchev–Trinajstić information content (AvgIpc) is 3.39. The van der Waals surface area contributed by atoms with Crippen LogP contribution in [0, 0.1) is 6.92 Å². The molecule has 10 heteroatoms. The Morgan fingerprint density at radius 1 is 1.17 bits per heavy atom. The zero-order chi connectivity index (χ0) is 20.5. The Hall–Kier alpha value is -3.46. The van der Waals surface area contributed by atoms with Crippen molar-refractivity contribution in [2.75, 3.05) is 10.6 Å². The van der Waals surface area contributed by atoms with Gasteiger partial charge in [-0.1, -0.05) is 24.6 Å². The predicted octanol–water partition coefficient (Wildman–Crippen LogP) is 3.32. The number of furan rings is 1. The van der Waals surface area contributed by atoms with E-state index in [9.17, 15) is 9.59 Å². The van der Waals surface area contributed by atoms with Gasteiger partial charge in [-0.3, -0.25) is 9.59 Å². The normalized spacial score (nSPS) is 12.2. The summed E-state index contributed by atoms with van der Waals surface area (Å²) in [6.45, 7) is 3.80. The van der Waals surface area contributed by atoms with Crippen molar-refractivity contribution in [2.24, 2.45) is 0 Å². The predicted molar refractivity (Wildman–Crippen MR) is 109 cm³/mol. The van der Waals surface area contributed by atoms with Crippen molar-refractivity contribution >= 4 is 28.7 Å². The quantitative estimate of drug-likeness (QED) is 0.394. The largest absolute Gasteiger partial charge is 0.464 e. The van der Waals surface area contributed by atoms with Crippen LogP contribution in [0.2, 0.25) is 5.02 Å². The third kappa shape index (κ3) is 3.40. The molecule has 4 aromatic rings. The molecule has 1 atom stereocenters. The number of aromatic nitrogens is 4. The highest BCUT2D eigenvalue weighted by atomic mass is 35.5. The molecule has 0 saturated heterocycles. The van der Waals surface area contributed by atoms with E-state index >= 15 is 0 Å². The van der Waals surface area contributed by atoms with Gasteiger partial charge in [-0.25, -0.2) is 0 Å². The first-order valence-corrected chi connectivity index (χ1v) is 9.33. The molecule has 2 aromatic carbocycles. The van der Waals surface area contributed by atoms with Crippen LogP contribution in [0.25, 0.3) is 11.4 Å². The monoisotopic (exact) mass is 412 g/mol. The minimum Gasteiger partial charge on any atom is -0.464 e. The van der Waals surface area contributed by atoms with E-state index < -0.39 is 10.9 Å². The summed E-state index contributed by atoms with van der Waals surface area (Å²) in [6, 6.07) is 8.55. The van der Waals surface area contributed by atoms with Crippen LogP contribution >= 0.6 is 11.6 Å². The summed E-state index contributed by atoms with van der Waals surface area (Å²) < 4.78 is 5.66. The van der Waals surface area contributed by atoms with Gasteiger partial charge in [0.2, 0.25) is 5.82 Å². The molecule has 2 aromatic heterocycles. The lowest BCUT2D eigenvalue weighted by molar-refractivity contribution is 0.452. The van der Waals surface area contributed by atoms with Crippen LogP contribution in [0.1, 0.15) is 30.9 Å². The van der Waals surface area contributed by atoms with Gasteiger partial charge in [0.25, 0.3) is 10.9 Å². The van der Waals surface area contributed by atoms with E-state index in [2.05, 4.69) is 31.3 Å². The van der Waals surface area contributed by atoms with Crippen molar-refractivity contribution in [1.82, 2.24) is 20.6 Å². The second kappa shape index (κ2) is 7.51. The third-order valence-electron chi connectivity index (χ3n) is 4.58. The Balaban J connectivity index is 1.67. The van der Waals surface area contributed by atoms with Gasteiger partial charge in [-0.15, -0.1) is 10.2 Å². The number of hydrogen-bond acceptors (Lipinski definition) is 8. The average molecular weight is 413 g/mol. The van der Waals surface area contributed by atoms with Gasteiger partial charge < -0.3 is 15.1 Å². The topological polar surface area (TPSA) is 126 Å². The molecule has 0 aliphatic rings. The molecule has 4 rings (SSSR count). The summed E-state index contributed by atoms with van der Waals surface area (Å²) in [5.74, 6) is 1.73. The van der Waals surface area contributed by atoms with Crippen LogP contribution in [-0.4, -0.2) is 20.6 Å². The Morgan fingerprint density at radius 3 is 2.62 bits per heavy atom. The Bertz CT molecular complexity index is 1220. The Morgan fingerprint density at radius 2 is 1.97 bits per heavy atom. The number of aromatic amines is 1. The van der Waals surface area contributed by atoms with Gasteiger partial charge in [0.1, 0.15) is 22.9 Å². The maximum absolute atomic E-state index is 12.3. The number of anilines is 3. The lowest BCUT2D eigenvalue weighted by Crippen LogP contribution is -2.37. The van der Waals surface area contributed by atoms with Crippen molar-refractivity contribution in [3.63, 3.8) is 0 Å². The van der Waals surface area contributed by atoms with Gasteiger partial charge in [-0.2, -0.15) is 5.21 Å². The first-order valence-electron chi connectivity index (χ1n) is 8.95. The van der Waals surface area contributed by atoms with Crippen LogP contribution in [0.15, 0.2) is 44.3 Å². The Labute approximate surface area is 169 Å². The molecule has 148 valence electrons. The first kappa shape index (κ1) is 18.9. The van der Waals surface area contributed by atoms with E-state index in [0.29, 0.717) is 28.5 Å². The van der Waals surface area contributed by atoms with Gasteiger partial charge in [-0.05, 0) is 42.8 Å². The maximum atomic E-state index is 12.3. The van der Waals surface area contributed by atoms with E-state index in [-0.39, 0.29) is 23.2 Å². The van der Waals surface area contributed by atoms with Gasteiger partial charge in [0.15, 0.2) is 0 Å².